The Morgan fingerprint density at radius 3 is 2.35 bits per heavy atom. The molecule has 1 fully saturated rings. The molecule has 0 heterocycles. The van der Waals surface area contributed by atoms with E-state index in [0.29, 0.717) is 30.4 Å². The highest BCUT2D eigenvalue weighted by molar-refractivity contribution is 5.96. The summed E-state index contributed by atoms with van der Waals surface area (Å²) in [5.41, 5.74) is 0.556. The Hall–Kier alpha value is -1.22. The number of carbonyl (C=O) groups is 1. The van der Waals surface area contributed by atoms with Crippen LogP contribution in [0, 0.1) is 17.7 Å². The van der Waals surface area contributed by atoms with Gasteiger partial charge in [-0.15, -0.1) is 0 Å². The largest absolute Gasteiger partial charge is 0.378 e. The summed E-state index contributed by atoms with van der Waals surface area (Å²) < 4.78 is 18.6. The normalized spacial score (nSPS) is 26.4. The topological polar surface area (TPSA) is 26.3 Å². The molecule has 0 saturated heterocycles. The fourth-order valence-corrected chi connectivity index (χ4v) is 3.11. The van der Waals surface area contributed by atoms with Crippen LogP contribution < -0.4 is 0 Å². The van der Waals surface area contributed by atoms with Crippen molar-refractivity contribution in [2.45, 2.75) is 45.6 Å². The summed E-state index contributed by atoms with van der Waals surface area (Å²) in [4.78, 5) is 11.9. The lowest BCUT2D eigenvalue weighted by Gasteiger charge is -2.31. The Morgan fingerprint density at radius 1 is 1.15 bits per heavy atom. The van der Waals surface area contributed by atoms with Gasteiger partial charge in [-0.25, -0.2) is 4.39 Å². The van der Waals surface area contributed by atoms with Crippen LogP contribution >= 0.6 is 0 Å². The van der Waals surface area contributed by atoms with E-state index in [9.17, 15) is 9.18 Å². The summed E-state index contributed by atoms with van der Waals surface area (Å²) in [7, 11) is 0. The zero-order valence-electron chi connectivity index (χ0n) is 12.3. The van der Waals surface area contributed by atoms with Crippen LogP contribution in [-0.4, -0.2) is 18.5 Å². The molecule has 0 N–H and O–H groups in total. The number of ether oxygens (including phenoxy) is 1. The van der Waals surface area contributed by atoms with Gasteiger partial charge in [0.25, 0.3) is 0 Å². The minimum atomic E-state index is -0.317. The average molecular weight is 278 g/mol. The van der Waals surface area contributed by atoms with Crippen LogP contribution in [-0.2, 0) is 4.74 Å². The minimum absolute atomic E-state index is 0.0157. The van der Waals surface area contributed by atoms with Crippen molar-refractivity contribution >= 4 is 5.78 Å². The van der Waals surface area contributed by atoms with Crippen molar-refractivity contribution < 1.29 is 13.9 Å². The number of Topliss-reactive ketones (excluding diaryl/α,β-unsaturated/α-hetero) is 1. The summed E-state index contributed by atoms with van der Waals surface area (Å²) >= 11 is 0. The Kier molecular flexibility index (Phi) is 5.30. The first-order valence-electron chi connectivity index (χ1n) is 7.45. The van der Waals surface area contributed by atoms with E-state index in [1.807, 2.05) is 0 Å². The molecule has 1 saturated carbocycles. The second-order valence-corrected chi connectivity index (χ2v) is 6.09. The molecule has 0 aromatic heterocycles. The summed E-state index contributed by atoms with van der Waals surface area (Å²) in [6.45, 7) is 4.98. The maximum atomic E-state index is 12.8. The molecule has 0 bridgehead atoms. The van der Waals surface area contributed by atoms with E-state index >= 15 is 0 Å². The number of hydrogen-bond acceptors (Lipinski definition) is 2. The molecule has 1 aromatic carbocycles. The monoisotopic (exact) mass is 278 g/mol. The number of rotatable bonds is 5. The van der Waals surface area contributed by atoms with Gasteiger partial charge >= 0.3 is 0 Å². The third-order valence-corrected chi connectivity index (χ3v) is 3.98. The Balaban J connectivity index is 1.75. The average Bonchev–Trinajstić information content (AvgIpc) is 2.38. The van der Waals surface area contributed by atoms with Gasteiger partial charge in [-0.05, 0) is 55.4 Å². The minimum Gasteiger partial charge on any atom is -0.378 e. The molecule has 1 aliphatic rings. The molecule has 0 radical (unpaired) electrons. The van der Waals surface area contributed by atoms with Crippen molar-refractivity contribution in [1.82, 2.24) is 0 Å². The lowest BCUT2D eigenvalue weighted by atomic mass is 9.82. The van der Waals surface area contributed by atoms with Crippen molar-refractivity contribution in [1.29, 1.82) is 0 Å². The summed E-state index contributed by atoms with van der Waals surface area (Å²) in [5.74, 6) is 1.11. The van der Waals surface area contributed by atoms with Crippen molar-refractivity contribution in [2.24, 2.45) is 11.8 Å². The fourth-order valence-electron chi connectivity index (χ4n) is 3.11. The smallest absolute Gasteiger partial charge is 0.165 e. The second kappa shape index (κ2) is 6.98. The van der Waals surface area contributed by atoms with Gasteiger partial charge in [-0.1, -0.05) is 13.8 Å². The Morgan fingerprint density at radius 2 is 1.75 bits per heavy atom. The van der Waals surface area contributed by atoms with Crippen LogP contribution in [0.15, 0.2) is 24.3 Å². The van der Waals surface area contributed by atoms with Crippen molar-refractivity contribution in [2.75, 3.05) is 6.61 Å². The van der Waals surface area contributed by atoms with Gasteiger partial charge in [0.1, 0.15) is 5.82 Å². The van der Waals surface area contributed by atoms with Crippen LogP contribution in [0.5, 0.6) is 0 Å². The lowest BCUT2D eigenvalue weighted by molar-refractivity contribution is 0.00131. The van der Waals surface area contributed by atoms with Gasteiger partial charge in [-0.3, -0.25) is 4.79 Å². The van der Waals surface area contributed by atoms with E-state index in [4.69, 9.17) is 4.74 Å². The second-order valence-electron chi connectivity index (χ2n) is 6.09. The predicted molar refractivity (Wildman–Crippen MR) is 77.3 cm³/mol. The number of benzene rings is 1. The van der Waals surface area contributed by atoms with Crippen molar-refractivity contribution in [3.05, 3.63) is 35.6 Å². The summed E-state index contributed by atoms with van der Waals surface area (Å²) in [5, 5.41) is 0. The molecule has 0 amide bonds. The molecule has 0 spiro atoms. The molecule has 0 aliphatic heterocycles. The van der Waals surface area contributed by atoms with E-state index in [1.165, 1.54) is 30.7 Å². The number of hydrogen-bond donors (Lipinski definition) is 0. The molecule has 1 aromatic rings. The van der Waals surface area contributed by atoms with E-state index < -0.39 is 0 Å². The van der Waals surface area contributed by atoms with E-state index in [-0.39, 0.29) is 17.7 Å². The maximum Gasteiger partial charge on any atom is 0.165 e. The highest BCUT2D eigenvalue weighted by Gasteiger charge is 2.24. The number of carbonyl (C=O) groups excluding carboxylic acids is 1. The summed E-state index contributed by atoms with van der Waals surface area (Å²) in [6.07, 6.45) is 4.11. The molecule has 2 nitrogen and oxygen atoms in total. The van der Waals surface area contributed by atoms with E-state index in [2.05, 4.69) is 13.8 Å². The first-order valence-corrected chi connectivity index (χ1v) is 7.45. The van der Waals surface area contributed by atoms with Gasteiger partial charge in [0, 0.05) is 12.0 Å². The quantitative estimate of drug-likeness (QED) is 0.753. The van der Waals surface area contributed by atoms with Crippen molar-refractivity contribution in [3.8, 4) is 0 Å². The summed E-state index contributed by atoms with van der Waals surface area (Å²) in [6, 6.07) is 5.70. The molecule has 3 heteroatoms. The Bertz CT molecular complexity index is 431. The molecular weight excluding hydrogens is 255 g/mol. The third kappa shape index (κ3) is 4.41. The maximum absolute atomic E-state index is 12.8. The zero-order chi connectivity index (χ0) is 14.5. The van der Waals surface area contributed by atoms with Crippen LogP contribution in [0.25, 0.3) is 0 Å². The van der Waals surface area contributed by atoms with E-state index in [1.54, 1.807) is 0 Å². The Labute approximate surface area is 120 Å². The van der Waals surface area contributed by atoms with Crippen LogP contribution in [0.2, 0.25) is 0 Å². The lowest BCUT2D eigenvalue weighted by Crippen LogP contribution is -2.27. The number of ketones is 1. The molecule has 20 heavy (non-hydrogen) atoms. The molecule has 2 atom stereocenters. The highest BCUT2D eigenvalue weighted by atomic mass is 19.1. The van der Waals surface area contributed by atoms with Gasteiger partial charge in [0.15, 0.2) is 5.78 Å². The standard InChI is InChI=1S/C17H23FO2/c1-12-9-13(2)11-16(10-12)20-8-7-17(19)14-3-5-15(18)6-4-14/h3-6,12-13,16H,7-11H2,1-2H3. The molecule has 1 aliphatic carbocycles. The first kappa shape index (κ1) is 15.2. The third-order valence-electron chi connectivity index (χ3n) is 3.98. The first-order chi connectivity index (χ1) is 9.54. The van der Waals surface area contributed by atoms with Crippen LogP contribution in [0.4, 0.5) is 4.39 Å². The molecule has 2 rings (SSSR count). The predicted octanol–water partition coefficient (Wildman–Crippen LogP) is 4.24. The van der Waals surface area contributed by atoms with Gasteiger partial charge in [-0.2, -0.15) is 0 Å². The van der Waals surface area contributed by atoms with E-state index in [0.717, 1.165) is 12.8 Å². The van der Waals surface area contributed by atoms with Gasteiger partial charge < -0.3 is 4.74 Å². The molecule has 2 unspecified atom stereocenters. The van der Waals surface area contributed by atoms with Crippen LogP contribution in [0.3, 0.4) is 0 Å². The zero-order valence-corrected chi connectivity index (χ0v) is 12.3. The molecular formula is C17H23FO2. The fraction of sp³-hybridized carbons (Fsp3) is 0.588. The van der Waals surface area contributed by atoms with Crippen molar-refractivity contribution in [3.63, 3.8) is 0 Å². The molecule has 110 valence electrons. The number of halogens is 1. The SMILES string of the molecule is CC1CC(C)CC(OCCC(=O)c2ccc(F)cc2)C1. The van der Waals surface area contributed by atoms with Gasteiger partial charge in [0.2, 0.25) is 0 Å². The van der Waals surface area contributed by atoms with Crippen LogP contribution in [0.1, 0.15) is 49.9 Å². The van der Waals surface area contributed by atoms with Gasteiger partial charge in [0.05, 0.1) is 12.7 Å². The highest BCUT2D eigenvalue weighted by Crippen LogP contribution is 2.30.